The topological polar surface area (TPSA) is 82.5 Å². The summed E-state index contributed by atoms with van der Waals surface area (Å²) in [5.74, 6) is 0.544. The number of nitrogens with one attached hydrogen (secondary N) is 1. The molecule has 3 aromatic rings. The van der Waals surface area contributed by atoms with Gasteiger partial charge in [0.1, 0.15) is 6.54 Å². The van der Waals surface area contributed by atoms with E-state index in [2.05, 4.69) is 10.4 Å². The second kappa shape index (κ2) is 7.54. The first-order valence-corrected chi connectivity index (χ1v) is 8.75. The van der Waals surface area contributed by atoms with Gasteiger partial charge in [0.2, 0.25) is 12.7 Å². The van der Waals surface area contributed by atoms with Crippen molar-refractivity contribution in [3.05, 3.63) is 70.5 Å². The fraction of sp³-hybridized carbons (Fsp3) is 0.150. The van der Waals surface area contributed by atoms with Gasteiger partial charge in [-0.15, -0.1) is 0 Å². The van der Waals surface area contributed by atoms with E-state index in [0.29, 0.717) is 22.8 Å². The fourth-order valence-corrected chi connectivity index (χ4v) is 2.85. The first-order chi connectivity index (χ1) is 14.3. The standard InChI is InChI=1S/C20H14F3N3O4/c21-20(22,23)13-2-4-14(5-3-13)24-18(27)10-26-19(28)8-6-15(25-26)12-1-7-16-17(9-12)30-11-29-16/h1-9H,10-11H2,(H,24,27). The number of halogens is 3. The molecule has 0 spiro atoms. The number of carbonyl (C=O) groups excluding carboxylic acids is 1. The summed E-state index contributed by atoms with van der Waals surface area (Å²) >= 11 is 0. The van der Waals surface area contributed by atoms with Crippen molar-refractivity contribution < 1.29 is 27.4 Å². The minimum atomic E-state index is -4.46. The van der Waals surface area contributed by atoms with E-state index in [4.69, 9.17) is 9.47 Å². The summed E-state index contributed by atoms with van der Waals surface area (Å²) in [5, 5.41) is 6.64. The number of nitrogens with zero attached hydrogens (tertiary/aromatic N) is 2. The molecule has 1 aliphatic heterocycles. The van der Waals surface area contributed by atoms with Crippen LogP contribution in [0.15, 0.2) is 59.4 Å². The number of hydrogen-bond donors (Lipinski definition) is 1. The molecule has 7 nitrogen and oxygen atoms in total. The van der Waals surface area contributed by atoms with Gasteiger partial charge >= 0.3 is 6.18 Å². The molecule has 1 aliphatic rings. The lowest BCUT2D eigenvalue weighted by Crippen LogP contribution is -2.29. The summed E-state index contributed by atoms with van der Waals surface area (Å²) in [7, 11) is 0. The van der Waals surface area contributed by atoms with Crippen LogP contribution in [0.1, 0.15) is 5.56 Å². The smallest absolute Gasteiger partial charge is 0.416 e. The number of amides is 1. The zero-order valence-corrected chi connectivity index (χ0v) is 15.3. The van der Waals surface area contributed by atoms with Crippen LogP contribution in [0, 0.1) is 0 Å². The van der Waals surface area contributed by atoms with Crippen molar-refractivity contribution in [2.75, 3.05) is 12.1 Å². The molecule has 0 saturated heterocycles. The van der Waals surface area contributed by atoms with E-state index in [-0.39, 0.29) is 12.5 Å². The molecule has 2 aromatic carbocycles. The molecule has 0 atom stereocenters. The SMILES string of the molecule is O=C(Cn1nc(-c2ccc3c(c2)OCO3)ccc1=O)Nc1ccc(C(F)(F)F)cc1. The van der Waals surface area contributed by atoms with Crippen LogP contribution in [-0.4, -0.2) is 22.5 Å². The molecular formula is C20H14F3N3O4. The van der Waals surface area contributed by atoms with Crippen LogP contribution in [0.25, 0.3) is 11.3 Å². The molecule has 0 aliphatic carbocycles. The third-order valence-corrected chi connectivity index (χ3v) is 4.32. The Morgan fingerprint density at radius 3 is 2.50 bits per heavy atom. The van der Waals surface area contributed by atoms with Gasteiger partial charge in [-0.25, -0.2) is 4.68 Å². The molecule has 1 aromatic heterocycles. The van der Waals surface area contributed by atoms with Crippen molar-refractivity contribution in [2.45, 2.75) is 12.7 Å². The van der Waals surface area contributed by atoms with Gasteiger partial charge in [-0.3, -0.25) is 9.59 Å². The van der Waals surface area contributed by atoms with Crippen LogP contribution in [0.3, 0.4) is 0 Å². The molecule has 0 radical (unpaired) electrons. The van der Waals surface area contributed by atoms with Gasteiger partial charge < -0.3 is 14.8 Å². The molecule has 0 saturated carbocycles. The van der Waals surface area contributed by atoms with Crippen LogP contribution >= 0.6 is 0 Å². The Kier molecular flexibility index (Phi) is 4.90. The van der Waals surface area contributed by atoms with Gasteiger partial charge in [0.25, 0.3) is 5.56 Å². The second-order valence-corrected chi connectivity index (χ2v) is 6.41. The summed E-state index contributed by atoms with van der Waals surface area (Å²) in [6.45, 7) is -0.284. The average Bonchev–Trinajstić information content (AvgIpc) is 3.17. The van der Waals surface area contributed by atoms with Crippen LogP contribution in [0.2, 0.25) is 0 Å². The monoisotopic (exact) mass is 417 g/mol. The van der Waals surface area contributed by atoms with E-state index in [1.54, 1.807) is 18.2 Å². The normalized spacial score (nSPS) is 12.6. The summed E-state index contributed by atoms with van der Waals surface area (Å²) in [6.07, 6.45) is -4.46. The van der Waals surface area contributed by atoms with Crippen LogP contribution in [-0.2, 0) is 17.5 Å². The zero-order chi connectivity index (χ0) is 21.3. The van der Waals surface area contributed by atoms with Crippen LogP contribution in [0.4, 0.5) is 18.9 Å². The van der Waals surface area contributed by atoms with Gasteiger partial charge in [-0.1, -0.05) is 0 Å². The predicted molar refractivity (Wildman–Crippen MR) is 100 cm³/mol. The largest absolute Gasteiger partial charge is 0.454 e. The third kappa shape index (κ3) is 4.12. The Bertz CT molecular complexity index is 1160. The van der Waals surface area contributed by atoms with Crippen molar-refractivity contribution in [1.29, 1.82) is 0 Å². The predicted octanol–water partition coefficient (Wildman–Crippen LogP) is 3.30. The lowest BCUT2D eigenvalue weighted by molar-refractivity contribution is -0.137. The Balaban J connectivity index is 1.50. The van der Waals surface area contributed by atoms with E-state index < -0.39 is 29.8 Å². The minimum Gasteiger partial charge on any atom is -0.454 e. The van der Waals surface area contributed by atoms with Gasteiger partial charge in [0, 0.05) is 17.3 Å². The van der Waals surface area contributed by atoms with Gasteiger partial charge in [0.05, 0.1) is 11.3 Å². The van der Waals surface area contributed by atoms with Crippen molar-refractivity contribution in [3.8, 4) is 22.8 Å². The number of carbonyl (C=O) groups is 1. The molecule has 10 heteroatoms. The molecule has 154 valence electrons. The van der Waals surface area contributed by atoms with E-state index in [1.807, 2.05) is 0 Å². The second-order valence-electron chi connectivity index (χ2n) is 6.41. The Hall–Kier alpha value is -3.82. The number of alkyl halides is 3. The third-order valence-electron chi connectivity index (χ3n) is 4.32. The zero-order valence-electron chi connectivity index (χ0n) is 15.3. The van der Waals surface area contributed by atoms with Gasteiger partial charge in [-0.2, -0.15) is 18.3 Å². The number of hydrogen-bond acceptors (Lipinski definition) is 5. The average molecular weight is 417 g/mol. The van der Waals surface area contributed by atoms with Crippen molar-refractivity contribution in [2.24, 2.45) is 0 Å². The molecule has 2 heterocycles. The minimum absolute atomic E-state index is 0.121. The highest BCUT2D eigenvalue weighted by atomic mass is 19.4. The molecule has 1 N–H and O–H groups in total. The number of anilines is 1. The van der Waals surface area contributed by atoms with Crippen LogP contribution in [0.5, 0.6) is 11.5 Å². The summed E-state index contributed by atoms with van der Waals surface area (Å²) in [6, 6.07) is 12.0. The maximum Gasteiger partial charge on any atom is 0.416 e. The van der Waals surface area contributed by atoms with Crippen molar-refractivity contribution >= 4 is 11.6 Å². The molecule has 4 rings (SSSR count). The highest BCUT2D eigenvalue weighted by Crippen LogP contribution is 2.35. The number of fused-ring (bicyclic) bond motifs is 1. The first kappa shape index (κ1) is 19.5. The molecule has 30 heavy (non-hydrogen) atoms. The molecule has 0 unspecified atom stereocenters. The van der Waals surface area contributed by atoms with E-state index in [9.17, 15) is 22.8 Å². The van der Waals surface area contributed by atoms with Crippen molar-refractivity contribution in [1.82, 2.24) is 9.78 Å². The molecule has 0 fully saturated rings. The summed E-state index contributed by atoms with van der Waals surface area (Å²) in [4.78, 5) is 24.3. The van der Waals surface area contributed by atoms with Gasteiger partial charge in [-0.05, 0) is 48.5 Å². The Morgan fingerprint density at radius 2 is 1.77 bits per heavy atom. The Morgan fingerprint density at radius 1 is 1.03 bits per heavy atom. The number of benzene rings is 2. The number of ether oxygens (including phenoxy) is 2. The highest BCUT2D eigenvalue weighted by molar-refractivity contribution is 5.90. The first-order valence-electron chi connectivity index (χ1n) is 8.75. The highest BCUT2D eigenvalue weighted by Gasteiger charge is 2.30. The Labute approximate surface area is 167 Å². The maximum atomic E-state index is 12.6. The lowest BCUT2D eigenvalue weighted by atomic mass is 10.1. The number of aromatic nitrogens is 2. The number of rotatable bonds is 4. The molecule has 1 amide bonds. The molecule has 0 bridgehead atoms. The summed E-state index contributed by atoms with van der Waals surface area (Å²) in [5.41, 5.74) is -0.0452. The van der Waals surface area contributed by atoms with Gasteiger partial charge in [0.15, 0.2) is 11.5 Å². The van der Waals surface area contributed by atoms with E-state index >= 15 is 0 Å². The quantitative estimate of drug-likeness (QED) is 0.705. The van der Waals surface area contributed by atoms with Crippen LogP contribution < -0.4 is 20.3 Å². The van der Waals surface area contributed by atoms with E-state index in [1.165, 1.54) is 12.1 Å². The maximum absolute atomic E-state index is 12.6. The van der Waals surface area contributed by atoms with E-state index in [0.717, 1.165) is 28.9 Å². The summed E-state index contributed by atoms with van der Waals surface area (Å²) < 4.78 is 49.4. The van der Waals surface area contributed by atoms with Crippen molar-refractivity contribution in [3.63, 3.8) is 0 Å². The lowest BCUT2D eigenvalue weighted by Gasteiger charge is -2.10. The fourth-order valence-electron chi connectivity index (χ4n) is 2.85. The molecular weight excluding hydrogens is 403 g/mol.